The third-order valence-electron chi connectivity index (χ3n) is 5.27. The van der Waals surface area contributed by atoms with Crippen LogP contribution in [0.4, 0.5) is 4.39 Å². The molecule has 0 saturated carbocycles. The van der Waals surface area contributed by atoms with Crippen LogP contribution in [0.2, 0.25) is 0 Å². The maximum absolute atomic E-state index is 14.0. The number of carbonyl (C=O) groups is 1. The highest BCUT2D eigenvalue weighted by molar-refractivity contribution is 7.98. The molecule has 2 aromatic carbocycles. The summed E-state index contributed by atoms with van der Waals surface area (Å²) in [5.41, 5.74) is 2.91. The SMILES string of the molecule is COc1ccc(CCNC(=O)Cn2c(SCc3ccccc3F)nc3cccnc32)cc1OC. The number of nitrogens with zero attached hydrogens (tertiary/aromatic N) is 3. The van der Waals surface area contributed by atoms with Gasteiger partial charge in [-0.2, -0.15) is 0 Å². The van der Waals surface area contributed by atoms with Gasteiger partial charge >= 0.3 is 0 Å². The van der Waals surface area contributed by atoms with Crippen molar-refractivity contribution < 1.29 is 18.7 Å². The van der Waals surface area contributed by atoms with Crippen molar-refractivity contribution in [3.63, 3.8) is 0 Å². The van der Waals surface area contributed by atoms with Crippen LogP contribution in [0.15, 0.2) is 66.0 Å². The number of amides is 1. The van der Waals surface area contributed by atoms with E-state index in [4.69, 9.17) is 9.47 Å². The molecule has 0 aliphatic rings. The number of carbonyl (C=O) groups excluding carboxylic acids is 1. The number of aromatic nitrogens is 3. The second-order valence-corrected chi connectivity index (χ2v) is 8.44. The highest BCUT2D eigenvalue weighted by atomic mass is 32.2. The molecule has 0 fully saturated rings. The molecule has 0 atom stereocenters. The smallest absolute Gasteiger partial charge is 0.240 e. The van der Waals surface area contributed by atoms with Crippen molar-refractivity contribution >= 4 is 28.8 Å². The van der Waals surface area contributed by atoms with Crippen LogP contribution in [0.1, 0.15) is 11.1 Å². The van der Waals surface area contributed by atoms with Crippen LogP contribution in [0, 0.1) is 5.82 Å². The van der Waals surface area contributed by atoms with E-state index in [0.29, 0.717) is 52.1 Å². The molecular formula is C25H25FN4O3S. The molecule has 0 unspecified atom stereocenters. The number of hydrogen-bond acceptors (Lipinski definition) is 6. The second-order valence-electron chi connectivity index (χ2n) is 7.50. The number of nitrogens with one attached hydrogen (secondary N) is 1. The minimum Gasteiger partial charge on any atom is -0.493 e. The van der Waals surface area contributed by atoms with Gasteiger partial charge in [0.1, 0.15) is 17.9 Å². The van der Waals surface area contributed by atoms with Gasteiger partial charge in [-0.05, 0) is 47.9 Å². The maximum Gasteiger partial charge on any atom is 0.240 e. The van der Waals surface area contributed by atoms with Gasteiger partial charge < -0.3 is 14.8 Å². The number of ether oxygens (including phenoxy) is 2. The van der Waals surface area contributed by atoms with Crippen LogP contribution >= 0.6 is 11.8 Å². The van der Waals surface area contributed by atoms with E-state index in [1.165, 1.54) is 17.8 Å². The quantitative estimate of drug-likeness (QED) is 0.342. The van der Waals surface area contributed by atoms with Gasteiger partial charge in [0.2, 0.25) is 5.91 Å². The number of thioether (sulfide) groups is 1. The lowest BCUT2D eigenvalue weighted by atomic mass is 10.1. The normalized spacial score (nSPS) is 10.9. The van der Waals surface area contributed by atoms with E-state index >= 15 is 0 Å². The molecular weight excluding hydrogens is 455 g/mol. The lowest BCUT2D eigenvalue weighted by Gasteiger charge is -2.11. The summed E-state index contributed by atoms with van der Waals surface area (Å²) in [6.45, 7) is 0.533. The molecule has 0 bridgehead atoms. The molecule has 1 N–H and O–H groups in total. The Kier molecular flexibility index (Phi) is 7.64. The number of pyridine rings is 1. The first-order valence-corrected chi connectivity index (χ1v) is 11.7. The van der Waals surface area contributed by atoms with Gasteiger partial charge in [0, 0.05) is 18.5 Å². The van der Waals surface area contributed by atoms with Crippen molar-refractivity contribution in [3.8, 4) is 11.5 Å². The number of halogens is 1. The largest absolute Gasteiger partial charge is 0.493 e. The number of benzene rings is 2. The van der Waals surface area contributed by atoms with Gasteiger partial charge in [0.05, 0.1) is 14.2 Å². The molecule has 1 amide bonds. The number of imidazole rings is 1. The molecule has 4 aromatic rings. The van der Waals surface area contributed by atoms with E-state index in [0.717, 1.165) is 5.56 Å². The molecule has 0 saturated heterocycles. The Morgan fingerprint density at radius 1 is 1.09 bits per heavy atom. The van der Waals surface area contributed by atoms with Gasteiger partial charge in [-0.25, -0.2) is 14.4 Å². The van der Waals surface area contributed by atoms with Crippen molar-refractivity contribution in [3.05, 3.63) is 77.7 Å². The highest BCUT2D eigenvalue weighted by Crippen LogP contribution is 2.28. The lowest BCUT2D eigenvalue weighted by molar-refractivity contribution is -0.121. The van der Waals surface area contributed by atoms with E-state index in [1.807, 2.05) is 24.3 Å². The van der Waals surface area contributed by atoms with Gasteiger partial charge in [-0.1, -0.05) is 36.0 Å². The zero-order valence-electron chi connectivity index (χ0n) is 19.0. The molecule has 2 aromatic heterocycles. The van der Waals surface area contributed by atoms with Crippen molar-refractivity contribution in [2.45, 2.75) is 23.9 Å². The van der Waals surface area contributed by atoms with E-state index < -0.39 is 0 Å². The monoisotopic (exact) mass is 480 g/mol. The molecule has 0 aliphatic heterocycles. The topological polar surface area (TPSA) is 78.3 Å². The van der Waals surface area contributed by atoms with Crippen molar-refractivity contribution in [1.29, 1.82) is 0 Å². The number of methoxy groups -OCH3 is 2. The summed E-state index contributed by atoms with van der Waals surface area (Å²) in [6, 6.07) is 16.0. The Morgan fingerprint density at radius 2 is 1.91 bits per heavy atom. The second kappa shape index (κ2) is 11.0. The molecule has 7 nitrogen and oxygen atoms in total. The van der Waals surface area contributed by atoms with Crippen LogP contribution in [-0.4, -0.2) is 41.2 Å². The molecule has 0 spiro atoms. The van der Waals surface area contributed by atoms with Gasteiger partial charge in [0.25, 0.3) is 0 Å². The average molecular weight is 481 g/mol. The van der Waals surface area contributed by atoms with Crippen LogP contribution in [-0.2, 0) is 23.5 Å². The Morgan fingerprint density at radius 3 is 2.71 bits per heavy atom. The number of fused-ring (bicyclic) bond motifs is 1. The zero-order valence-corrected chi connectivity index (χ0v) is 19.8. The third kappa shape index (κ3) is 5.48. The summed E-state index contributed by atoms with van der Waals surface area (Å²) in [5, 5.41) is 3.57. The minimum atomic E-state index is -0.260. The predicted octanol–water partition coefficient (Wildman–Crippen LogP) is 4.24. The van der Waals surface area contributed by atoms with E-state index in [1.54, 1.807) is 49.2 Å². The van der Waals surface area contributed by atoms with E-state index in [2.05, 4.69) is 15.3 Å². The third-order valence-corrected chi connectivity index (χ3v) is 6.29. The summed E-state index contributed by atoms with van der Waals surface area (Å²) in [5.74, 6) is 1.30. The zero-order chi connectivity index (χ0) is 23.9. The Labute approximate surface area is 201 Å². The predicted molar refractivity (Wildman–Crippen MR) is 130 cm³/mol. The highest BCUT2D eigenvalue weighted by Gasteiger charge is 2.16. The summed E-state index contributed by atoms with van der Waals surface area (Å²) in [7, 11) is 3.18. The molecule has 2 heterocycles. The standard InChI is InChI=1S/C25H25FN4O3S/c1-32-21-10-9-17(14-22(21)33-2)11-13-27-23(31)15-30-24-20(8-5-12-28-24)29-25(30)34-16-18-6-3-4-7-19(18)26/h3-10,12,14H,11,13,15-16H2,1-2H3,(H,27,31). The summed E-state index contributed by atoms with van der Waals surface area (Å²) >= 11 is 1.38. The minimum absolute atomic E-state index is 0.0685. The van der Waals surface area contributed by atoms with Crippen molar-refractivity contribution in [1.82, 2.24) is 19.9 Å². The Bertz CT molecular complexity index is 1290. The van der Waals surface area contributed by atoms with Gasteiger partial charge in [0.15, 0.2) is 22.3 Å². The Hall–Kier alpha value is -3.59. The Balaban J connectivity index is 1.42. The van der Waals surface area contributed by atoms with Crippen LogP contribution in [0.5, 0.6) is 11.5 Å². The summed E-state index contributed by atoms with van der Waals surface area (Å²) in [4.78, 5) is 21.8. The maximum atomic E-state index is 14.0. The summed E-state index contributed by atoms with van der Waals surface area (Å²) < 4.78 is 26.4. The van der Waals surface area contributed by atoms with Crippen molar-refractivity contribution in [2.24, 2.45) is 0 Å². The number of rotatable bonds is 10. The van der Waals surface area contributed by atoms with E-state index in [-0.39, 0.29) is 18.3 Å². The first kappa shape index (κ1) is 23.6. The fourth-order valence-electron chi connectivity index (χ4n) is 3.53. The van der Waals surface area contributed by atoms with Gasteiger partial charge in [-0.3, -0.25) is 9.36 Å². The van der Waals surface area contributed by atoms with Crippen LogP contribution < -0.4 is 14.8 Å². The lowest BCUT2D eigenvalue weighted by Crippen LogP contribution is -2.29. The van der Waals surface area contributed by atoms with Gasteiger partial charge in [-0.15, -0.1) is 0 Å². The van der Waals surface area contributed by atoms with E-state index in [9.17, 15) is 9.18 Å². The molecule has 0 radical (unpaired) electrons. The fourth-order valence-corrected chi connectivity index (χ4v) is 4.52. The number of hydrogen-bond donors (Lipinski definition) is 1. The molecule has 176 valence electrons. The molecule has 0 aliphatic carbocycles. The average Bonchev–Trinajstić information content (AvgIpc) is 3.20. The fraction of sp³-hybridized carbons (Fsp3) is 0.240. The summed E-state index contributed by atoms with van der Waals surface area (Å²) in [6.07, 6.45) is 2.31. The first-order chi connectivity index (χ1) is 16.6. The van der Waals surface area contributed by atoms with Crippen LogP contribution in [0.25, 0.3) is 11.2 Å². The molecule has 34 heavy (non-hydrogen) atoms. The van der Waals surface area contributed by atoms with Crippen LogP contribution in [0.3, 0.4) is 0 Å². The molecule has 4 rings (SSSR count). The van der Waals surface area contributed by atoms with Crippen molar-refractivity contribution in [2.75, 3.05) is 20.8 Å². The first-order valence-electron chi connectivity index (χ1n) is 10.7. The molecule has 9 heteroatoms.